The van der Waals surface area contributed by atoms with E-state index in [1.165, 1.54) is 12.4 Å². The molecule has 2 aromatic heterocycles. The van der Waals surface area contributed by atoms with E-state index >= 15 is 0 Å². The standard InChI is InChI=1S/C30H31N7O2/c1-4-25(38)36-15-18-12-23(36)24(13-18)37-29-26(28(31)32-16-33-29)27(35-37)19-8-10-20(11-9-19)30(39)34-22-7-5-6-21(14-22)17(2)3/h4-11,14,16-18,23-24H,1,12-13,15H2,2-3H3,(H,34,39)(H2,31,32,33). The largest absolute Gasteiger partial charge is 0.383 e. The predicted molar refractivity (Wildman–Crippen MR) is 151 cm³/mol. The van der Waals surface area contributed by atoms with Crippen molar-refractivity contribution in [3.05, 3.63) is 78.6 Å². The molecular formula is C30H31N7O2. The van der Waals surface area contributed by atoms with E-state index in [-0.39, 0.29) is 23.9 Å². The fraction of sp³-hybridized carbons (Fsp3) is 0.300. The maximum Gasteiger partial charge on any atom is 0.255 e. The Kier molecular flexibility index (Phi) is 6.13. The molecule has 3 atom stereocenters. The number of hydrogen-bond acceptors (Lipinski definition) is 6. The third-order valence-corrected chi connectivity index (χ3v) is 7.97. The molecule has 0 spiro atoms. The summed E-state index contributed by atoms with van der Waals surface area (Å²) in [6.45, 7) is 8.66. The van der Waals surface area contributed by atoms with Crippen molar-refractivity contribution >= 4 is 34.4 Å². The number of nitrogens with one attached hydrogen (secondary N) is 1. The van der Waals surface area contributed by atoms with Gasteiger partial charge in [-0.25, -0.2) is 14.6 Å². The third-order valence-electron chi connectivity index (χ3n) is 7.97. The number of carbonyl (C=O) groups excluding carboxylic acids is 2. The molecule has 1 saturated carbocycles. The van der Waals surface area contributed by atoms with Gasteiger partial charge < -0.3 is 16.0 Å². The van der Waals surface area contributed by atoms with Crippen molar-refractivity contribution in [1.29, 1.82) is 0 Å². The number of fused-ring (bicyclic) bond motifs is 3. The Morgan fingerprint density at radius 3 is 2.59 bits per heavy atom. The van der Waals surface area contributed by atoms with Gasteiger partial charge in [-0.15, -0.1) is 0 Å². The number of amides is 2. The second kappa shape index (κ2) is 9.65. The fourth-order valence-corrected chi connectivity index (χ4v) is 6.01. The molecular weight excluding hydrogens is 490 g/mol. The van der Waals surface area contributed by atoms with Crippen molar-refractivity contribution in [2.24, 2.45) is 5.92 Å². The number of nitrogens with two attached hydrogens (primary N) is 1. The Hall–Kier alpha value is -4.53. The maximum absolute atomic E-state index is 13.0. The molecule has 2 aliphatic rings. The van der Waals surface area contributed by atoms with Crippen molar-refractivity contribution in [2.45, 2.75) is 44.7 Å². The zero-order chi connectivity index (χ0) is 27.3. The topological polar surface area (TPSA) is 119 Å². The Balaban J connectivity index is 1.31. The molecule has 1 aliphatic heterocycles. The van der Waals surface area contributed by atoms with E-state index in [1.807, 2.05) is 39.9 Å². The number of nitrogens with zero attached hydrogens (tertiary/aromatic N) is 5. The van der Waals surface area contributed by atoms with Crippen LogP contribution in [0.5, 0.6) is 0 Å². The van der Waals surface area contributed by atoms with Gasteiger partial charge in [0.15, 0.2) is 5.65 Å². The fourth-order valence-electron chi connectivity index (χ4n) is 6.01. The number of piperidine rings is 1. The van der Waals surface area contributed by atoms with Crippen LogP contribution in [0.3, 0.4) is 0 Å². The van der Waals surface area contributed by atoms with Gasteiger partial charge in [0, 0.05) is 23.4 Å². The van der Waals surface area contributed by atoms with Crippen LogP contribution >= 0.6 is 0 Å². The zero-order valence-electron chi connectivity index (χ0n) is 22.0. The summed E-state index contributed by atoms with van der Waals surface area (Å²) in [4.78, 5) is 36.1. The maximum atomic E-state index is 13.0. The van der Waals surface area contributed by atoms with E-state index in [9.17, 15) is 9.59 Å². The lowest BCUT2D eigenvalue weighted by atomic mass is 10.0. The molecule has 2 aromatic carbocycles. The van der Waals surface area contributed by atoms with Crippen molar-refractivity contribution < 1.29 is 9.59 Å². The van der Waals surface area contributed by atoms with Crippen LogP contribution in [0.4, 0.5) is 11.5 Å². The lowest BCUT2D eigenvalue weighted by Crippen LogP contribution is -2.42. The second-order valence-corrected chi connectivity index (χ2v) is 10.7. The first-order valence-electron chi connectivity index (χ1n) is 13.3. The van der Waals surface area contributed by atoms with Crippen LogP contribution in [-0.2, 0) is 4.79 Å². The summed E-state index contributed by atoms with van der Waals surface area (Å²) in [5.74, 6) is 0.898. The second-order valence-electron chi connectivity index (χ2n) is 10.7. The van der Waals surface area contributed by atoms with Crippen molar-refractivity contribution in [2.75, 3.05) is 17.6 Å². The smallest absolute Gasteiger partial charge is 0.255 e. The monoisotopic (exact) mass is 521 g/mol. The van der Waals surface area contributed by atoms with Crippen LogP contribution < -0.4 is 11.1 Å². The molecule has 9 nitrogen and oxygen atoms in total. The molecule has 9 heteroatoms. The number of likely N-dealkylation sites (tertiary alicyclic amines) is 1. The van der Waals surface area contributed by atoms with Gasteiger partial charge in [-0.3, -0.25) is 9.59 Å². The van der Waals surface area contributed by atoms with E-state index in [1.54, 1.807) is 12.1 Å². The highest BCUT2D eigenvalue weighted by Crippen LogP contribution is 2.46. The SMILES string of the molecule is C=CC(=O)N1CC2CC1C(n1nc(-c3ccc(C(=O)Nc4cccc(C(C)C)c4)cc3)c3c(N)ncnc31)C2. The summed E-state index contributed by atoms with van der Waals surface area (Å²) in [6, 6.07) is 15.2. The highest BCUT2D eigenvalue weighted by atomic mass is 16.2. The Morgan fingerprint density at radius 2 is 1.87 bits per heavy atom. The van der Waals surface area contributed by atoms with Crippen LogP contribution in [0.2, 0.25) is 0 Å². The molecule has 3 N–H and O–H groups in total. The summed E-state index contributed by atoms with van der Waals surface area (Å²) in [5.41, 5.74) is 10.9. The lowest BCUT2D eigenvalue weighted by molar-refractivity contribution is -0.128. The van der Waals surface area contributed by atoms with Crippen LogP contribution in [0, 0.1) is 5.92 Å². The Labute approximate surface area is 226 Å². The Morgan fingerprint density at radius 1 is 1.10 bits per heavy atom. The molecule has 2 fully saturated rings. The number of aromatic nitrogens is 4. The van der Waals surface area contributed by atoms with E-state index in [4.69, 9.17) is 10.8 Å². The molecule has 0 radical (unpaired) electrons. The number of nitrogen functional groups attached to an aromatic ring is 1. The summed E-state index contributed by atoms with van der Waals surface area (Å²) in [7, 11) is 0. The molecule has 1 saturated heterocycles. The first-order chi connectivity index (χ1) is 18.8. The minimum Gasteiger partial charge on any atom is -0.383 e. The normalized spacial score (nSPS) is 20.1. The molecule has 39 heavy (non-hydrogen) atoms. The highest BCUT2D eigenvalue weighted by molar-refractivity contribution is 6.05. The highest BCUT2D eigenvalue weighted by Gasteiger charge is 2.48. The first-order valence-corrected chi connectivity index (χ1v) is 13.3. The van der Waals surface area contributed by atoms with Gasteiger partial charge in [-0.2, -0.15) is 5.10 Å². The number of carbonyl (C=O) groups is 2. The van der Waals surface area contributed by atoms with Crippen LogP contribution in [0.25, 0.3) is 22.3 Å². The van der Waals surface area contributed by atoms with E-state index in [2.05, 4.69) is 41.8 Å². The molecule has 2 amide bonds. The summed E-state index contributed by atoms with van der Waals surface area (Å²) < 4.78 is 1.91. The minimum absolute atomic E-state index is 0.00939. The van der Waals surface area contributed by atoms with Gasteiger partial charge in [0.1, 0.15) is 17.8 Å². The quantitative estimate of drug-likeness (QED) is 0.352. The summed E-state index contributed by atoms with van der Waals surface area (Å²) in [5, 5.41) is 8.64. The van der Waals surface area contributed by atoms with Gasteiger partial charge in [-0.1, -0.05) is 44.7 Å². The summed E-state index contributed by atoms with van der Waals surface area (Å²) in [6.07, 6.45) is 4.68. The van der Waals surface area contributed by atoms with Crippen molar-refractivity contribution in [1.82, 2.24) is 24.6 Å². The molecule has 6 rings (SSSR count). The van der Waals surface area contributed by atoms with Gasteiger partial charge in [0.25, 0.3) is 5.91 Å². The zero-order valence-corrected chi connectivity index (χ0v) is 22.0. The van der Waals surface area contributed by atoms with Crippen molar-refractivity contribution in [3.63, 3.8) is 0 Å². The van der Waals surface area contributed by atoms with Crippen molar-refractivity contribution in [3.8, 4) is 11.3 Å². The Bertz CT molecular complexity index is 1590. The van der Waals surface area contributed by atoms with Gasteiger partial charge in [0.05, 0.1) is 17.5 Å². The van der Waals surface area contributed by atoms with Crippen LogP contribution in [0.1, 0.15) is 54.6 Å². The van der Waals surface area contributed by atoms with Gasteiger partial charge in [0.2, 0.25) is 5.91 Å². The number of anilines is 2. The average Bonchev–Trinajstić information content (AvgIpc) is 3.66. The number of hydrogen-bond donors (Lipinski definition) is 2. The van der Waals surface area contributed by atoms with Gasteiger partial charge in [-0.05, 0) is 60.6 Å². The molecule has 4 aromatic rings. The van der Waals surface area contributed by atoms with Crippen LogP contribution in [-0.4, -0.2) is 49.0 Å². The average molecular weight is 522 g/mol. The first kappa shape index (κ1) is 24.8. The minimum atomic E-state index is -0.186. The lowest BCUT2D eigenvalue weighted by Gasteiger charge is -2.32. The van der Waals surface area contributed by atoms with Gasteiger partial charge >= 0.3 is 0 Å². The predicted octanol–water partition coefficient (Wildman–Crippen LogP) is 4.80. The number of benzene rings is 2. The van der Waals surface area contributed by atoms with E-state index in [0.29, 0.717) is 39.9 Å². The van der Waals surface area contributed by atoms with Crippen LogP contribution in [0.15, 0.2) is 67.5 Å². The molecule has 1 aliphatic carbocycles. The number of rotatable bonds is 6. The molecule has 198 valence electrons. The molecule has 3 unspecified atom stereocenters. The third kappa shape index (κ3) is 4.33. The van der Waals surface area contributed by atoms with E-state index < -0.39 is 0 Å². The molecule has 2 bridgehead atoms. The van der Waals surface area contributed by atoms with E-state index in [0.717, 1.165) is 36.2 Å². The summed E-state index contributed by atoms with van der Waals surface area (Å²) >= 11 is 0. The molecule has 3 heterocycles.